The number of hydrogen-bond acceptors (Lipinski definition) is 3. The summed E-state index contributed by atoms with van der Waals surface area (Å²) in [5, 5.41) is 8.95. The van der Waals surface area contributed by atoms with Crippen LogP contribution in [0.25, 0.3) is 0 Å². The number of aliphatic hydroxyl groups excluding tert-OH is 1. The van der Waals surface area contributed by atoms with Crippen LogP contribution in [0, 0.1) is 0 Å². The Kier molecular flexibility index (Phi) is 10.6. The predicted molar refractivity (Wildman–Crippen MR) is 80.5 cm³/mol. The van der Waals surface area contributed by atoms with E-state index in [2.05, 4.69) is 27.7 Å². The minimum absolute atomic E-state index is 0.000396. The summed E-state index contributed by atoms with van der Waals surface area (Å²) in [7, 11) is 0. The number of ether oxygens (including phenoxy) is 2. The monoisotopic (exact) mass is 274 g/mol. The normalized spacial score (nSPS) is 15.5. The molecule has 3 heteroatoms. The number of unbranched alkanes of at least 4 members (excludes halogenated alkanes) is 2. The maximum Gasteiger partial charge on any atom is 0.0788 e. The number of hydrogen-bond donors (Lipinski definition) is 1. The molecule has 0 amide bonds. The van der Waals surface area contributed by atoms with Gasteiger partial charge in [-0.05, 0) is 33.1 Å². The zero-order valence-electron chi connectivity index (χ0n) is 13.6. The molecular weight excluding hydrogens is 240 g/mol. The van der Waals surface area contributed by atoms with Gasteiger partial charge in [0.1, 0.15) is 0 Å². The third-order valence-corrected chi connectivity index (χ3v) is 3.85. The van der Waals surface area contributed by atoms with Crippen LogP contribution in [0.5, 0.6) is 0 Å². The quantitative estimate of drug-likeness (QED) is 0.548. The Hall–Kier alpha value is -0.120. The van der Waals surface area contributed by atoms with Crippen LogP contribution in [-0.4, -0.2) is 36.1 Å². The van der Waals surface area contributed by atoms with Crippen molar-refractivity contribution in [1.82, 2.24) is 0 Å². The standard InChI is InChI=1S/C16H34O3/c1-6-9-10-11-16(7-2,8-3)19-15(5)13-18-14(4)12-17/h14-15,17H,6-13H2,1-5H3. The molecule has 0 fully saturated rings. The Morgan fingerprint density at radius 1 is 1.00 bits per heavy atom. The summed E-state index contributed by atoms with van der Waals surface area (Å²) in [4.78, 5) is 0. The SMILES string of the molecule is CCCCCC(CC)(CC)OC(C)COC(C)CO. The van der Waals surface area contributed by atoms with Gasteiger partial charge in [0, 0.05) is 0 Å². The van der Waals surface area contributed by atoms with E-state index in [-0.39, 0.29) is 24.4 Å². The molecule has 0 spiro atoms. The maximum atomic E-state index is 8.95. The van der Waals surface area contributed by atoms with Crippen molar-refractivity contribution in [2.75, 3.05) is 13.2 Å². The first-order chi connectivity index (χ1) is 9.03. The van der Waals surface area contributed by atoms with Crippen LogP contribution < -0.4 is 0 Å². The van der Waals surface area contributed by atoms with E-state index in [1.165, 1.54) is 19.3 Å². The van der Waals surface area contributed by atoms with Crippen LogP contribution in [0.1, 0.15) is 73.1 Å². The van der Waals surface area contributed by atoms with Crippen LogP contribution in [0.3, 0.4) is 0 Å². The maximum absolute atomic E-state index is 8.95. The lowest BCUT2D eigenvalue weighted by molar-refractivity contribution is -0.130. The molecule has 0 aliphatic carbocycles. The molecule has 0 radical (unpaired) electrons. The van der Waals surface area contributed by atoms with Gasteiger partial charge in [-0.25, -0.2) is 0 Å². The van der Waals surface area contributed by atoms with Crippen molar-refractivity contribution in [3.05, 3.63) is 0 Å². The fourth-order valence-corrected chi connectivity index (χ4v) is 2.34. The van der Waals surface area contributed by atoms with E-state index in [0.29, 0.717) is 6.61 Å². The first-order valence-electron chi connectivity index (χ1n) is 7.93. The smallest absolute Gasteiger partial charge is 0.0788 e. The molecular formula is C16H34O3. The highest BCUT2D eigenvalue weighted by molar-refractivity contribution is 4.79. The van der Waals surface area contributed by atoms with Crippen LogP contribution in [-0.2, 0) is 9.47 Å². The molecule has 116 valence electrons. The predicted octanol–water partition coefficient (Wildman–Crippen LogP) is 3.93. The first kappa shape index (κ1) is 18.9. The Bertz CT molecular complexity index is 202. The molecule has 0 heterocycles. The Balaban J connectivity index is 4.22. The largest absolute Gasteiger partial charge is 0.394 e. The summed E-state index contributed by atoms with van der Waals surface area (Å²) in [6, 6.07) is 0. The third kappa shape index (κ3) is 7.91. The van der Waals surface area contributed by atoms with Crippen molar-refractivity contribution in [2.24, 2.45) is 0 Å². The molecule has 0 aliphatic rings. The van der Waals surface area contributed by atoms with E-state index >= 15 is 0 Å². The van der Waals surface area contributed by atoms with Crippen molar-refractivity contribution < 1.29 is 14.6 Å². The third-order valence-electron chi connectivity index (χ3n) is 3.85. The van der Waals surface area contributed by atoms with Crippen LogP contribution in [0.4, 0.5) is 0 Å². The summed E-state index contributed by atoms with van der Waals surface area (Å²) in [5.74, 6) is 0. The van der Waals surface area contributed by atoms with Crippen LogP contribution in [0.15, 0.2) is 0 Å². The number of rotatable bonds is 12. The average molecular weight is 274 g/mol. The summed E-state index contributed by atoms with van der Waals surface area (Å²) < 4.78 is 11.8. The topological polar surface area (TPSA) is 38.7 Å². The second kappa shape index (κ2) is 10.6. The Morgan fingerprint density at radius 2 is 1.63 bits per heavy atom. The summed E-state index contributed by atoms with van der Waals surface area (Å²) >= 11 is 0. The van der Waals surface area contributed by atoms with Crippen molar-refractivity contribution in [1.29, 1.82) is 0 Å². The average Bonchev–Trinajstić information content (AvgIpc) is 2.43. The van der Waals surface area contributed by atoms with E-state index in [9.17, 15) is 0 Å². The molecule has 0 saturated heterocycles. The molecule has 0 aromatic heterocycles. The molecule has 0 saturated carbocycles. The fourth-order valence-electron chi connectivity index (χ4n) is 2.34. The summed E-state index contributed by atoms with van der Waals surface area (Å²) in [6.45, 7) is 11.2. The van der Waals surface area contributed by atoms with Crippen LogP contribution >= 0.6 is 0 Å². The van der Waals surface area contributed by atoms with Gasteiger partial charge >= 0.3 is 0 Å². The van der Waals surface area contributed by atoms with Crippen LogP contribution in [0.2, 0.25) is 0 Å². The zero-order chi connectivity index (χ0) is 14.7. The molecule has 0 rings (SSSR count). The minimum atomic E-state index is -0.108. The molecule has 1 N–H and O–H groups in total. The first-order valence-corrected chi connectivity index (χ1v) is 7.93. The second-order valence-electron chi connectivity index (χ2n) is 5.60. The van der Waals surface area contributed by atoms with Gasteiger partial charge in [0.15, 0.2) is 0 Å². The van der Waals surface area contributed by atoms with Crippen molar-refractivity contribution in [3.63, 3.8) is 0 Å². The lowest BCUT2D eigenvalue weighted by atomic mass is 9.90. The van der Waals surface area contributed by atoms with Gasteiger partial charge in [0.05, 0.1) is 31.0 Å². The number of aliphatic hydroxyl groups is 1. The van der Waals surface area contributed by atoms with Crippen molar-refractivity contribution in [3.8, 4) is 0 Å². The molecule has 0 aromatic rings. The molecule has 3 nitrogen and oxygen atoms in total. The van der Waals surface area contributed by atoms with Gasteiger partial charge in [-0.3, -0.25) is 0 Å². The van der Waals surface area contributed by atoms with Gasteiger partial charge < -0.3 is 14.6 Å². The molecule has 2 atom stereocenters. The Labute approximate surface area is 119 Å². The van der Waals surface area contributed by atoms with E-state index in [0.717, 1.165) is 19.3 Å². The molecule has 0 bridgehead atoms. The van der Waals surface area contributed by atoms with E-state index in [1.54, 1.807) is 0 Å². The highest BCUT2D eigenvalue weighted by Crippen LogP contribution is 2.29. The van der Waals surface area contributed by atoms with E-state index in [4.69, 9.17) is 14.6 Å². The molecule has 0 aliphatic heterocycles. The highest BCUT2D eigenvalue weighted by atomic mass is 16.6. The highest BCUT2D eigenvalue weighted by Gasteiger charge is 2.28. The van der Waals surface area contributed by atoms with Gasteiger partial charge in [-0.2, -0.15) is 0 Å². The van der Waals surface area contributed by atoms with Gasteiger partial charge in [0.25, 0.3) is 0 Å². The lowest BCUT2D eigenvalue weighted by Crippen LogP contribution is -2.37. The van der Waals surface area contributed by atoms with Gasteiger partial charge in [0.2, 0.25) is 0 Å². The van der Waals surface area contributed by atoms with Gasteiger partial charge in [-0.1, -0.05) is 40.0 Å². The second-order valence-corrected chi connectivity index (χ2v) is 5.60. The zero-order valence-corrected chi connectivity index (χ0v) is 13.6. The fraction of sp³-hybridized carbons (Fsp3) is 1.00. The van der Waals surface area contributed by atoms with E-state index in [1.807, 2.05) is 6.92 Å². The molecule has 2 unspecified atom stereocenters. The van der Waals surface area contributed by atoms with Crippen molar-refractivity contribution >= 4 is 0 Å². The van der Waals surface area contributed by atoms with Gasteiger partial charge in [-0.15, -0.1) is 0 Å². The molecule has 0 aromatic carbocycles. The van der Waals surface area contributed by atoms with E-state index < -0.39 is 0 Å². The lowest BCUT2D eigenvalue weighted by Gasteiger charge is -2.35. The summed E-state index contributed by atoms with van der Waals surface area (Å²) in [5.41, 5.74) is 0.000396. The summed E-state index contributed by atoms with van der Waals surface area (Å²) in [6.07, 6.45) is 6.96. The molecule has 19 heavy (non-hydrogen) atoms. The van der Waals surface area contributed by atoms with Crippen molar-refractivity contribution in [2.45, 2.75) is 91.0 Å². The minimum Gasteiger partial charge on any atom is -0.394 e. The Morgan fingerprint density at radius 3 is 2.11 bits per heavy atom.